The van der Waals surface area contributed by atoms with Gasteiger partial charge in [-0.2, -0.15) is 0 Å². The third-order valence-electron chi connectivity index (χ3n) is 5.05. The highest BCUT2D eigenvalue weighted by Crippen LogP contribution is 2.35. The van der Waals surface area contributed by atoms with E-state index in [2.05, 4.69) is 46.9 Å². The van der Waals surface area contributed by atoms with Crippen LogP contribution in [0.1, 0.15) is 50.8 Å². The molecule has 0 aliphatic carbocycles. The van der Waals surface area contributed by atoms with Gasteiger partial charge in [-0.15, -0.1) is 11.3 Å². The fourth-order valence-electron chi connectivity index (χ4n) is 3.97. The van der Waals surface area contributed by atoms with E-state index in [0.717, 1.165) is 30.3 Å². The lowest BCUT2D eigenvalue weighted by Gasteiger charge is -2.49. The summed E-state index contributed by atoms with van der Waals surface area (Å²) < 4.78 is 0. The molecule has 0 unspecified atom stereocenters. The number of hydrogen-bond donors (Lipinski definition) is 2. The van der Waals surface area contributed by atoms with E-state index < -0.39 is 0 Å². The Kier molecular flexibility index (Phi) is 5.94. The molecule has 2 atom stereocenters. The van der Waals surface area contributed by atoms with Gasteiger partial charge >= 0.3 is 0 Å². The molecule has 0 aromatic carbocycles. The lowest BCUT2D eigenvalue weighted by Crippen LogP contribution is -2.57. The molecule has 0 saturated carbocycles. The van der Waals surface area contributed by atoms with Crippen molar-refractivity contribution in [2.24, 2.45) is 5.92 Å². The smallest absolute Gasteiger partial charge is 0.166 e. The summed E-state index contributed by atoms with van der Waals surface area (Å²) in [4.78, 5) is 4.26. The Labute approximate surface area is 149 Å². The van der Waals surface area contributed by atoms with Gasteiger partial charge < -0.3 is 10.6 Å². The summed E-state index contributed by atoms with van der Waals surface area (Å²) in [5.74, 6) is 0.627. The molecule has 128 valence electrons. The molecule has 3 nitrogen and oxygen atoms in total. The van der Waals surface area contributed by atoms with Crippen molar-refractivity contribution in [1.82, 2.24) is 15.5 Å². The quantitative estimate of drug-likeness (QED) is 0.790. The molecule has 23 heavy (non-hydrogen) atoms. The van der Waals surface area contributed by atoms with Crippen molar-refractivity contribution in [3.05, 3.63) is 22.4 Å². The van der Waals surface area contributed by atoms with E-state index in [1.54, 1.807) is 0 Å². The Hall–Kier alpha value is -0.650. The van der Waals surface area contributed by atoms with Crippen LogP contribution in [0.4, 0.5) is 0 Å². The van der Waals surface area contributed by atoms with Gasteiger partial charge in [0, 0.05) is 36.1 Å². The zero-order valence-corrected chi connectivity index (χ0v) is 15.9. The van der Waals surface area contributed by atoms with Gasteiger partial charge in [0.25, 0.3) is 0 Å². The van der Waals surface area contributed by atoms with Crippen molar-refractivity contribution in [3.8, 4) is 0 Å². The van der Waals surface area contributed by atoms with Crippen molar-refractivity contribution in [2.75, 3.05) is 6.54 Å². The Morgan fingerprint density at radius 1 is 1.35 bits per heavy atom. The summed E-state index contributed by atoms with van der Waals surface area (Å²) in [5.41, 5.74) is 0. The molecule has 1 aromatic heterocycles. The van der Waals surface area contributed by atoms with Gasteiger partial charge in [-0.1, -0.05) is 26.3 Å². The van der Waals surface area contributed by atoms with E-state index in [0.29, 0.717) is 12.0 Å². The fraction of sp³-hybridized carbons (Fsp3) is 0.722. The number of rotatable bonds is 5. The SMILES string of the molecule is CC(C)CNC(=S)NC1C[C@@H]2CCC[C@@H](C1)N2Cc1cccs1. The maximum Gasteiger partial charge on any atom is 0.166 e. The van der Waals surface area contributed by atoms with Crippen LogP contribution in [-0.4, -0.2) is 34.7 Å². The van der Waals surface area contributed by atoms with Gasteiger partial charge in [0.15, 0.2) is 5.11 Å². The van der Waals surface area contributed by atoms with E-state index in [1.807, 2.05) is 11.3 Å². The van der Waals surface area contributed by atoms with Crippen LogP contribution in [0.15, 0.2) is 17.5 Å². The molecule has 2 bridgehead atoms. The third-order valence-corrected chi connectivity index (χ3v) is 6.17. The average Bonchev–Trinajstić information content (AvgIpc) is 2.99. The molecule has 5 heteroatoms. The second-order valence-electron chi connectivity index (χ2n) is 7.41. The molecule has 2 N–H and O–H groups in total. The Bertz CT molecular complexity index is 486. The van der Waals surface area contributed by atoms with Crippen LogP contribution in [0.3, 0.4) is 0 Å². The number of nitrogens with one attached hydrogen (secondary N) is 2. The van der Waals surface area contributed by atoms with Gasteiger partial charge in [-0.25, -0.2) is 0 Å². The zero-order chi connectivity index (χ0) is 16.2. The first-order chi connectivity index (χ1) is 11.1. The predicted molar refractivity (Wildman–Crippen MR) is 103 cm³/mol. The first kappa shape index (κ1) is 17.2. The molecule has 3 heterocycles. The standard InChI is InChI=1S/C18H29N3S2/c1-13(2)11-19-18(22)20-14-9-15-5-3-6-16(10-14)21(15)12-17-7-4-8-23-17/h4,7-8,13-16H,3,5-6,9-12H2,1-2H3,(H2,19,20,22)/t15-,16-/m0/s1. The van der Waals surface area contributed by atoms with Gasteiger partial charge in [0.05, 0.1) is 0 Å². The lowest BCUT2D eigenvalue weighted by atomic mass is 9.81. The maximum atomic E-state index is 5.47. The second-order valence-corrected chi connectivity index (χ2v) is 8.85. The van der Waals surface area contributed by atoms with Crippen molar-refractivity contribution in [1.29, 1.82) is 0 Å². The van der Waals surface area contributed by atoms with Crippen LogP contribution in [0, 0.1) is 5.92 Å². The number of thiocarbonyl (C=S) groups is 1. The Balaban J connectivity index is 1.54. The normalized spacial score (nSPS) is 27.9. The summed E-state index contributed by atoms with van der Waals surface area (Å²) in [7, 11) is 0. The van der Waals surface area contributed by atoms with Crippen molar-refractivity contribution < 1.29 is 0 Å². The summed E-state index contributed by atoms with van der Waals surface area (Å²) in [6.45, 7) is 6.51. The van der Waals surface area contributed by atoms with Gasteiger partial charge in [-0.3, -0.25) is 4.90 Å². The molecule has 2 fully saturated rings. The highest BCUT2D eigenvalue weighted by Gasteiger charge is 2.38. The first-order valence-electron chi connectivity index (χ1n) is 8.94. The van der Waals surface area contributed by atoms with E-state index in [1.165, 1.54) is 37.0 Å². The van der Waals surface area contributed by atoms with Crippen LogP contribution < -0.4 is 10.6 Å². The van der Waals surface area contributed by atoms with Crippen molar-refractivity contribution in [2.45, 2.75) is 70.6 Å². The molecular formula is C18H29N3S2. The molecule has 0 radical (unpaired) electrons. The number of hydrogen-bond acceptors (Lipinski definition) is 3. The molecule has 0 amide bonds. The largest absolute Gasteiger partial charge is 0.362 e. The molecule has 0 spiro atoms. The van der Waals surface area contributed by atoms with Gasteiger partial charge in [-0.05, 0) is 55.3 Å². The number of thiophene rings is 1. The van der Waals surface area contributed by atoms with E-state index >= 15 is 0 Å². The molecule has 2 aliphatic rings. The Morgan fingerprint density at radius 2 is 2.09 bits per heavy atom. The van der Waals surface area contributed by atoms with E-state index in [-0.39, 0.29) is 0 Å². The first-order valence-corrected chi connectivity index (χ1v) is 10.2. The fourth-order valence-corrected chi connectivity index (χ4v) is 4.93. The van der Waals surface area contributed by atoms with Gasteiger partial charge in [0.2, 0.25) is 0 Å². The highest BCUT2D eigenvalue weighted by atomic mass is 32.1. The highest BCUT2D eigenvalue weighted by molar-refractivity contribution is 7.80. The average molecular weight is 352 g/mol. The Morgan fingerprint density at radius 3 is 2.70 bits per heavy atom. The van der Waals surface area contributed by atoms with Crippen LogP contribution >= 0.6 is 23.6 Å². The molecule has 3 rings (SSSR count). The molecular weight excluding hydrogens is 322 g/mol. The zero-order valence-electron chi connectivity index (χ0n) is 14.3. The summed E-state index contributed by atoms with van der Waals surface area (Å²) in [6.07, 6.45) is 6.52. The molecule has 1 aromatic rings. The molecule has 2 aliphatic heterocycles. The summed E-state index contributed by atoms with van der Waals surface area (Å²) >= 11 is 7.36. The van der Waals surface area contributed by atoms with Crippen molar-refractivity contribution >= 4 is 28.7 Å². The minimum absolute atomic E-state index is 0.539. The minimum Gasteiger partial charge on any atom is -0.362 e. The van der Waals surface area contributed by atoms with Crippen LogP contribution in [0.25, 0.3) is 0 Å². The van der Waals surface area contributed by atoms with Crippen LogP contribution in [0.2, 0.25) is 0 Å². The van der Waals surface area contributed by atoms with Crippen LogP contribution in [-0.2, 0) is 6.54 Å². The lowest BCUT2D eigenvalue weighted by molar-refractivity contribution is 0.0218. The number of fused-ring (bicyclic) bond motifs is 2. The summed E-state index contributed by atoms with van der Waals surface area (Å²) in [5, 5.41) is 9.96. The van der Waals surface area contributed by atoms with Gasteiger partial charge in [0.1, 0.15) is 0 Å². The molecule has 2 saturated heterocycles. The topological polar surface area (TPSA) is 27.3 Å². The van der Waals surface area contributed by atoms with Crippen LogP contribution in [0.5, 0.6) is 0 Å². The number of piperidine rings is 2. The third kappa shape index (κ3) is 4.68. The number of nitrogens with zero attached hydrogens (tertiary/aromatic N) is 1. The minimum atomic E-state index is 0.539. The second kappa shape index (κ2) is 7.95. The summed E-state index contributed by atoms with van der Waals surface area (Å²) in [6, 6.07) is 6.42. The predicted octanol–water partition coefficient (Wildman–Crippen LogP) is 3.75. The van der Waals surface area contributed by atoms with E-state index in [4.69, 9.17) is 12.2 Å². The maximum absolute atomic E-state index is 5.47. The monoisotopic (exact) mass is 351 g/mol. The van der Waals surface area contributed by atoms with E-state index in [9.17, 15) is 0 Å². The van der Waals surface area contributed by atoms with Crippen molar-refractivity contribution in [3.63, 3.8) is 0 Å².